The van der Waals surface area contributed by atoms with Crippen LogP contribution in [0.25, 0.3) is 0 Å². The second-order valence-corrected chi connectivity index (χ2v) is 6.35. The Bertz CT molecular complexity index is 578. The van der Waals surface area contributed by atoms with Crippen LogP contribution in [0.4, 0.5) is 10.5 Å². The summed E-state index contributed by atoms with van der Waals surface area (Å²) in [5, 5.41) is 5.47. The Morgan fingerprint density at radius 2 is 2.05 bits per heavy atom. The first-order valence-electron chi connectivity index (χ1n) is 7.33. The molecule has 1 heterocycles. The van der Waals surface area contributed by atoms with Crippen LogP contribution < -0.4 is 20.3 Å². The van der Waals surface area contributed by atoms with Gasteiger partial charge in [0.1, 0.15) is 5.75 Å². The molecule has 0 unspecified atom stereocenters. The maximum atomic E-state index is 12.2. The number of anilines is 1. The fraction of sp³-hybridized carbons (Fsp3) is 0.500. The van der Waals surface area contributed by atoms with Crippen molar-refractivity contribution in [3.63, 3.8) is 0 Å². The summed E-state index contributed by atoms with van der Waals surface area (Å²) >= 11 is 0. The van der Waals surface area contributed by atoms with Crippen LogP contribution in [-0.2, 0) is 11.2 Å². The van der Waals surface area contributed by atoms with E-state index in [2.05, 4.69) is 10.6 Å². The predicted octanol–water partition coefficient (Wildman–Crippen LogP) is 1.68. The number of fused-ring (bicyclic) bond motifs is 1. The van der Waals surface area contributed by atoms with E-state index in [9.17, 15) is 9.59 Å². The van der Waals surface area contributed by atoms with Crippen LogP contribution in [0.5, 0.6) is 5.75 Å². The second-order valence-electron chi connectivity index (χ2n) is 6.35. The van der Waals surface area contributed by atoms with Crippen molar-refractivity contribution in [2.45, 2.75) is 32.7 Å². The molecule has 0 radical (unpaired) electrons. The van der Waals surface area contributed by atoms with E-state index >= 15 is 0 Å². The lowest BCUT2D eigenvalue weighted by atomic mass is 10.1. The van der Waals surface area contributed by atoms with E-state index in [-0.39, 0.29) is 24.0 Å². The third-order valence-electron chi connectivity index (χ3n) is 3.34. The molecule has 1 aromatic rings. The van der Waals surface area contributed by atoms with Crippen LogP contribution in [0.15, 0.2) is 18.2 Å². The summed E-state index contributed by atoms with van der Waals surface area (Å²) in [4.78, 5) is 25.6. The van der Waals surface area contributed by atoms with Gasteiger partial charge in [-0.15, -0.1) is 0 Å². The number of urea groups is 1. The average molecular weight is 305 g/mol. The van der Waals surface area contributed by atoms with Gasteiger partial charge in [-0.25, -0.2) is 4.79 Å². The summed E-state index contributed by atoms with van der Waals surface area (Å²) < 4.78 is 5.19. The van der Waals surface area contributed by atoms with Gasteiger partial charge in [-0.3, -0.25) is 9.69 Å². The molecule has 1 aromatic carbocycles. The molecule has 6 nitrogen and oxygen atoms in total. The number of hydrogen-bond donors (Lipinski definition) is 2. The van der Waals surface area contributed by atoms with Gasteiger partial charge in [0.15, 0.2) is 0 Å². The largest absolute Gasteiger partial charge is 0.497 e. The van der Waals surface area contributed by atoms with Crippen molar-refractivity contribution in [1.82, 2.24) is 10.6 Å². The molecule has 0 fully saturated rings. The van der Waals surface area contributed by atoms with Crippen molar-refractivity contribution >= 4 is 17.6 Å². The van der Waals surface area contributed by atoms with E-state index in [1.54, 1.807) is 12.0 Å². The summed E-state index contributed by atoms with van der Waals surface area (Å²) in [5.41, 5.74) is 1.64. The first kappa shape index (κ1) is 16.1. The highest BCUT2D eigenvalue weighted by Crippen LogP contribution is 2.31. The Balaban J connectivity index is 1.94. The second kappa shape index (κ2) is 6.25. The zero-order valence-corrected chi connectivity index (χ0v) is 13.5. The number of methoxy groups -OCH3 is 1. The van der Waals surface area contributed by atoms with Gasteiger partial charge >= 0.3 is 6.03 Å². The zero-order valence-electron chi connectivity index (χ0n) is 13.5. The number of carbonyl (C=O) groups is 2. The Kier molecular flexibility index (Phi) is 4.59. The lowest BCUT2D eigenvalue weighted by Gasteiger charge is -2.22. The highest BCUT2D eigenvalue weighted by atomic mass is 16.5. The van der Waals surface area contributed by atoms with E-state index in [0.717, 1.165) is 23.4 Å². The van der Waals surface area contributed by atoms with Crippen LogP contribution in [0.2, 0.25) is 0 Å². The quantitative estimate of drug-likeness (QED) is 0.892. The van der Waals surface area contributed by atoms with E-state index in [1.165, 1.54) is 0 Å². The Labute approximate surface area is 130 Å². The molecule has 1 aliphatic rings. The fourth-order valence-electron chi connectivity index (χ4n) is 2.43. The molecule has 0 aliphatic carbocycles. The third kappa shape index (κ3) is 3.90. The number of hydrogen-bond acceptors (Lipinski definition) is 3. The van der Waals surface area contributed by atoms with Crippen molar-refractivity contribution in [3.05, 3.63) is 23.8 Å². The van der Waals surface area contributed by atoms with Crippen molar-refractivity contribution < 1.29 is 14.3 Å². The minimum Gasteiger partial charge on any atom is -0.497 e. The van der Waals surface area contributed by atoms with Gasteiger partial charge in [0.05, 0.1) is 13.7 Å². The van der Waals surface area contributed by atoms with Crippen LogP contribution in [0, 0.1) is 0 Å². The summed E-state index contributed by atoms with van der Waals surface area (Å²) in [6.07, 6.45) is 0.786. The normalized spacial score (nSPS) is 13.5. The first-order chi connectivity index (χ1) is 10.3. The number of nitrogens with zero attached hydrogens (tertiary/aromatic N) is 1. The molecular weight excluding hydrogens is 282 g/mol. The average Bonchev–Trinajstić information content (AvgIpc) is 2.85. The number of amides is 3. The molecule has 0 saturated heterocycles. The molecule has 22 heavy (non-hydrogen) atoms. The summed E-state index contributed by atoms with van der Waals surface area (Å²) in [7, 11) is 1.62. The molecule has 0 bridgehead atoms. The van der Waals surface area contributed by atoms with Crippen molar-refractivity contribution in [2.75, 3.05) is 25.1 Å². The number of rotatable bonds is 3. The minimum absolute atomic E-state index is 0.0297. The maximum absolute atomic E-state index is 12.2. The van der Waals surface area contributed by atoms with Gasteiger partial charge in [0, 0.05) is 17.8 Å². The fourth-order valence-corrected chi connectivity index (χ4v) is 2.43. The summed E-state index contributed by atoms with van der Waals surface area (Å²) in [6, 6.07) is 5.38. The van der Waals surface area contributed by atoms with E-state index in [4.69, 9.17) is 4.74 Å². The van der Waals surface area contributed by atoms with E-state index in [1.807, 2.05) is 39.0 Å². The van der Waals surface area contributed by atoms with E-state index < -0.39 is 0 Å². The Morgan fingerprint density at radius 3 is 2.68 bits per heavy atom. The van der Waals surface area contributed by atoms with Gasteiger partial charge in [-0.05, 0) is 51.0 Å². The standard InChI is InChI=1S/C16H23N3O3/c1-16(2,3)18-14(20)10-17-15(21)19-8-7-11-9-12(22-4)5-6-13(11)19/h5-6,9H,7-8,10H2,1-4H3,(H,17,21)(H,18,20). The minimum atomic E-state index is -0.307. The van der Waals surface area contributed by atoms with Gasteiger partial charge in [0.25, 0.3) is 0 Å². The predicted molar refractivity (Wildman–Crippen MR) is 85.3 cm³/mol. The highest BCUT2D eigenvalue weighted by molar-refractivity contribution is 5.96. The van der Waals surface area contributed by atoms with Gasteiger partial charge in [-0.1, -0.05) is 0 Å². The first-order valence-corrected chi connectivity index (χ1v) is 7.33. The molecule has 1 aliphatic heterocycles. The zero-order chi connectivity index (χ0) is 16.3. The molecule has 0 saturated carbocycles. The molecular formula is C16H23N3O3. The molecule has 2 rings (SSSR count). The van der Waals surface area contributed by atoms with Gasteiger partial charge in [0.2, 0.25) is 5.91 Å². The number of ether oxygens (including phenoxy) is 1. The van der Waals surface area contributed by atoms with Gasteiger partial charge in [-0.2, -0.15) is 0 Å². The van der Waals surface area contributed by atoms with Crippen molar-refractivity contribution in [1.29, 1.82) is 0 Å². The SMILES string of the molecule is COc1ccc2c(c1)CCN2C(=O)NCC(=O)NC(C)(C)C. The monoisotopic (exact) mass is 305 g/mol. The summed E-state index contributed by atoms with van der Waals surface area (Å²) in [6.45, 7) is 6.28. The lowest BCUT2D eigenvalue weighted by Crippen LogP contribution is -2.48. The van der Waals surface area contributed by atoms with Crippen LogP contribution >= 0.6 is 0 Å². The molecule has 0 aromatic heterocycles. The van der Waals surface area contributed by atoms with Crippen LogP contribution in [0.3, 0.4) is 0 Å². The third-order valence-corrected chi connectivity index (χ3v) is 3.34. The Hall–Kier alpha value is -2.24. The molecule has 2 N–H and O–H groups in total. The molecule has 120 valence electrons. The highest BCUT2D eigenvalue weighted by Gasteiger charge is 2.25. The Morgan fingerprint density at radius 1 is 1.32 bits per heavy atom. The molecule has 0 atom stereocenters. The van der Waals surface area contributed by atoms with Gasteiger partial charge < -0.3 is 15.4 Å². The van der Waals surface area contributed by atoms with Crippen molar-refractivity contribution in [3.8, 4) is 5.75 Å². The smallest absolute Gasteiger partial charge is 0.322 e. The number of benzene rings is 1. The molecule has 6 heteroatoms. The molecule has 0 spiro atoms. The number of carbonyl (C=O) groups excluding carboxylic acids is 2. The van der Waals surface area contributed by atoms with E-state index in [0.29, 0.717) is 6.54 Å². The number of nitrogens with one attached hydrogen (secondary N) is 2. The topological polar surface area (TPSA) is 70.7 Å². The lowest BCUT2D eigenvalue weighted by molar-refractivity contribution is -0.121. The van der Waals surface area contributed by atoms with Crippen molar-refractivity contribution in [2.24, 2.45) is 0 Å². The van der Waals surface area contributed by atoms with Crippen LogP contribution in [-0.4, -0.2) is 37.7 Å². The molecule has 3 amide bonds. The summed E-state index contributed by atoms with van der Waals surface area (Å²) in [5.74, 6) is 0.584. The maximum Gasteiger partial charge on any atom is 0.322 e. The van der Waals surface area contributed by atoms with Crippen LogP contribution in [0.1, 0.15) is 26.3 Å².